The predicted octanol–water partition coefficient (Wildman–Crippen LogP) is 4.31. The summed E-state index contributed by atoms with van der Waals surface area (Å²) in [5.74, 6) is -1.22. The van der Waals surface area contributed by atoms with Crippen molar-refractivity contribution in [1.29, 1.82) is 0 Å². The lowest BCUT2D eigenvalue weighted by Gasteiger charge is -2.19. The number of carboxylic acids is 1. The summed E-state index contributed by atoms with van der Waals surface area (Å²) in [4.78, 5) is 35.6. The Bertz CT molecular complexity index is 945. The summed E-state index contributed by atoms with van der Waals surface area (Å²) < 4.78 is 5.57. The van der Waals surface area contributed by atoms with Crippen LogP contribution in [0.25, 0.3) is 11.1 Å². The van der Waals surface area contributed by atoms with E-state index in [1.807, 2.05) is 38.1 Å². The van der Waals surface area contributed by atoms with Crippen molar-refractivity contribution < 1.29 is 24.2 Å². The monoisotopic (exact) mass is 452 g/mol. The number of alkyl carbamates (subject to hydrolysis) is 1. The Hall–Kier alpha value is -3.35. The highest BCUT2D eigenvalue weighted by Gasteiger charge is 2.29. The van der Waals surface area contributed by atoms with Crippen LogP contribution in [0.1, 0.15) is 56.6 Å². The quantitative estimate of drug-likeness (QED) is 0.471. The number of carbonyl (C=O) groups excluding carboxylic acids is 2. The van der Waals surface area contributed by atoms with E-state index in [0.717, 1.165) is 11.1 Å². The third-order valence-corrected chi connectivity index (χ3v) is 6.22. The summed E-state index contributed by atoms with van der Waals surface area (Å²) in [5.41, 5.74) is 4.62. The molecular formula is C26H32N2O5. The van der Waals surface area contributed by atoms with E-state index >= 15 is 0 Å². The molecule has 0 radical (unpaired) electrons. The second-order valence-electron chi connectivity index (χ2n) is 8.46. The van der Waals surface area contributed by atoms with Crippen molar-refractivity contribution in [2.24, 2.45) is 5.92 Å². The number of fused-ring (bicyclic) bond motifs is 3. The second-order valence-corrected chi connectivity index (χ2v) is 8.46. The van der Waals surface area contributed by atoms with Gasteiger partial charge in [-0.15, -0.1) is 0 Å². The molecule has 2 aromatic rings. The van der Waals surface area contributed by atoms with Crippen LogP contribution in [-0.4, -0.2) is 42.3 Å². The van der Waals surface area contributed by atoms with Gasteiger partial charge in [0.1, 0.15) is 6.61 Å². The summed E-state index contributed by atoms with van der Waals surface area (Å²) in [6, 6.07) is 15.9. The highest BCUT2D eigenvalue weighted by molar-refractivity contribution is 5.79. The standard InChI is InChI=1S/C26H32N2O5/c1-3-17(13-25(30)31)15-27-24(29)14-18(4-2)28-26(32)33-16-23-21-11-7-5-9-19(21)20-10-6-8-12-22(20)23/h5-12,17-18,23H,3-4,13-16H2,1-2H3,(H,27,29)(H,28,32)(H,30,31)/t17?,18-/m1/s1. The average Bonchev–Trinajstić information content (AvgIpc) is 3.13. The molecule has 1 unspecified atom stereocenters. The molecule has 0 heterocycles. The lowest BCUT2D eigenvalue weighted by molar-refractivity contribution is -0.138. The minimum absolute atomic E-state index is 0.0198. The molecule has 1 aliphatic rings. The highest BCUT2D eigenvalue weighted by Crippen LogP contribution is 2.44. The molecule has 3 N–H and O–H groups in total. The highest BCUT2D eigenvalue weighted by atomic mass is 16.5. The fourth-order valence-electron chi connectivity index (χ4n) is 4.27. The molecule has 7 nitrogen and oxygen atoms in total. The average molecular weight is 453 g/mol. The minimum Gasteiger partial charge on any atom is -0.481 e. The maximum Gasteiger partial charge on any atom is 0.407 e. The molecule has 2 amide bonds. The fraction of sp³-hybridized carbons (Fsp3) is 0.423. The van der Waals surface area contributed by atoms with Gasteiger partial charge in [-0.05, 0) is 34.6 Å². The van der Waals surface area contributed by atoms with Gasteiger partial charge in [0, 0.05) is 31.3 Å². The summed E-state index contributed by atoms with van der Waals surface area (Å²) in [6.45, 7) is 4.31. The van der Waals surface area contributed by atoms with E-state index in [4.69, 9.17) is 9.84 Å². The molecule has 0 aromatic heterocycles. The van der Waals surface area contributed by atoms with Gasteiger partial charge in [-0.1, -0.05) is 68.8 Å². The van der Waals surface area contributed by atoms with E-state index in [1.54, 1.807) is 0 Å². The van der Waals surface area contributed by atoms with Gasteiger partial charge in [0.15, 0.2) is 0 Å². The maximum atomic E-state index is 12.5. The zero-order chi connectivity index (χ0) is 23.8. The number of hydrogen-bond acceptors (Lipinski definition) is 4. The molecule has 33 heavy (non-hydrogen) atoms. The second kappa shape index (κ2) is 11.5. The first-order valence-corrected chi connectivity index (χ1v) is 11.5. The fourth-order valence-corrected chi connectivity index (χ4v) is 4.27. The van der Waals surface area contributed by atoms with Crippen LogP contribution in [0.5, 0.6) is 0 Å². The van der Waals surface area contributed by atoms with Gasteiger partial charge in [-0.3, -0.25) is 9.59 Å². The number of nitrogens with one attached hydrogen (secondary N) is 2. The molecule has 2 atom stereocenters. The van der Waals surface area contributed by atoms with Crippen molar-refractivity contribution in [2.45, 2.75) is 51.5 Å². The van der Waals surface area contributed by atoms with Crippen LogP contribution in [0.15, 0.2) is 48.5 Å². The van der Waals surface area contributed by atoms with E-state index in [-0.39, 0.29) is 43.2 Å². The van der Waals surface area contributed by atoms with Gasteiger partial charge in [0.05, 0.1) is 0 Å². The van der Waals surface area contributed by atoms with Crippen molar-refractivity contribution in [3.63, 3.8) is 0 Å². The zero-order valence-electron chi connectivity index (χ0n) is 19.2. The number of carboxylic acid groups (broad SMARTS) is 1. The Balaban J connectivity index is 1.51. The molecule has 7 heteroatoms. The van der Waals surface area contributed by atoms with Crippen LogP contribution in [0.3, 0.4) is 0 Å². The normalized spacial score (nSPS) is 14.0. The van der Waals surface area contributed by atoms with Crippen molar-refractivity contribution in [3.05, 3.63) is 59.7 Å². The van der Waals surface area contributed by atoms with Crippen LogP contribution in [0, 0.1) is 5.92 Å². The third-order valence-electron chi connectivity index (χ3n) is 6.22. The van der Waals surface area contributed by atoms with Crippen molar-refractivity contribution in [1.82, 2.24) is 10.6 Å². The molecule has 0 spiro atoms. The van der Waals surface area contributed by atoms with Gasteiger partial charge in [0.2, 0.25) is 5.91 Å². The molecule has 3 rings (SSSR count). The smallest absolute Gasteiger partial charge is 0.407 e. The van der Waals surface area contributed by atoms with Gasteiger partial charge < -0.3 is 20.5 Å². The van der Waals surface area contributed by atoms with Crippen molar-refractivity contribution >= 4 is 18.0 Å². The molecular weight excluding hydrogens is 420 g/mol. The van der Waals surface area contributed by atoms with Gasteiger partial charge in [0.25, 0.3) is 0 Å². The molecule has 0 aliphatic heterocycles. The van der Waals surface area contributed by atoms with Gasteiger partial charge in [-0.2, -0.15) is 0 Å². The number of ether oxygens (including phenoxy) is 1. The van der Waals surface area contributed by atoms with Crippen LogP contribution < -0.4 is 10.6 Å². The Labute approximate surface area is 194 Å². The molecule has 0 bridgehead atoms. The first-order chi connectivity index (χ1) is 15.9. The molecule has 0 saturated carbocycles. The van der Waals surface area contributed by atoms with E-state index in [1.165, 1.54) is 11.1 Å². The van der Waals surface area contributed by atoms with Crippen molar-refractivity contribution in [3.8, 4) is 11.1 Å². The first kappa shape index (κ1) is 24.3. The van der Waals surface area contributed by atoms with E-state index < -0.39 is 12.1 Å². The molecule has 1 aliphatic carbocycles. The Morgan fingerprint density at radius 1 is 0.939 bits per heavy atom. The van der Waals surface area contributed by atoms with E-state index in [0.29, 0.717) is 19.4 Å². The SMILES string of the molecule is CCC(CNC(=O)C[C@@H](CC)NC(=O)OCC1c2ccccc2-c2ccccc21)CC(=O)O. The van der Waals surface area contributed by atoms with Gasteiger partial charge in [-0.25, -0.2) is 4.79 Å². The van der Waals surface area contributed by atoms with E-state index in [9.17, 15) is 14.4 Å². The number of aliphatic carboxylic acids is 1. The number of hydrogen-bond donors (Lipinski definition) is 3. The lowest BCUT2D eigenvalue weighted by Crippen LogP contribution is -2.40. The number of benzene rings is 2. The summed E-state index contributed by atoms with van der Waals surface area (Å²) in [7, 11) is 0. The Kier molecular flexibility index (Phi) is 8.46. The van der Waals surface area contributed by atoms with Crippen LogP contribution >= 0.6 is 0 Å². The first-order valence-electron chi connectivity index (χ1n) is 11.5. The predicted molar refractivity (Wildman–Crippen MR) is 126 cm³/mol. The molecule has 0 saturated heterocycles. The zero-order valence-corrected chi connectivity index (χ0v) is 19.2. The van der Waals surface area contributed by atoms with E-state index in [2.05, 4.69) is 34.9 Å². The van der Waals surface area contributed by atoms with Crippen LogP contribution in [0.2, 0.25) is 0 Å². The van der Waals surface area contributed by atoms with Crippen LogP contribution in [-0.2, 0) is 14.3 Å². The Morgan fingerprint density at radius 3 is 2.09 bits per heavy atom. The number of carbonyl (C=O) groups is 3. The third kappa shape index (κ3) is 6.34. The summed E-state index contributed by atoms with van der Waals surface area (Å²) in [5, 5.41) is 14.5. The largest absolute Gasteiger partial charge is 0.481 e. The lowest BCUT2D eigenvalue weighted by atomic mass is 9.98. The number of amides is 2. The maximum absolute atomic E-state index is 12.5. The van der Waals surface area contributed by atoms with Crippen molar-refractivity contribution in [2.75, 3.05) is 13.2 Å². The minimum atomic E-state index is -0.876. The van der Waals surface area contributed by atoms with Gasteiger partial charge >= 0.3 is 12.1 Å². The summed E-state index contributed by atoms with van der Waals surface area (Å²) >= 11 is 0. The molecule has 176 valence electrons. The molecule has 0 fully saturated rings. The topological polar surface area (TPSA) is 105 Å². The Morgan fingerprint density at radius 2 is 1.55 bits per heavy atom. The molecule has 2 aromatic carbocycles. The number of rotatable bonds is 11. The van der Waals surface area contributed by atoms with Crippen LogP contribution in [0.4, 0.5) is 4.79 Å². The summed E-state index contributed by atoms with van der Waals surface area (Å²) in [6.07, 6.45) is 0.830.